The van der Waals surface area contributed by atoms with Gasteiger partial charge in [0.1, 0.15) is 5.92 Å². The lowest BCUT2D eigenvalue weighted by atomic mass is 10.0. The summed E-state index contributed by atoms with van der Waals surface area (Å²) in [5, 5.41) is 11.4. The summed E-state index contributed by atoms with van der Waals surface area (Å²) < 4.78 is 25.9. The van der Waals surface area contributed by atoms with Crippen LogP contribution in [0.15, 0.2) is 42.6 Å². The Morgan fingerprint density at radius 2 is 2.17 bits per heavy atom. The lowest BCUT2D eigenvalue weighted by Gasteiger charge is -2.10. The fourth-order valence-electron chi connectivity index (χ4n) is 2.38. The highest BCUT2D eigenvalue weighted by molar-refractivity contribution is 5.95. The summed E-state index contributed by atoms with van der Waals surface area (Å²) in [7, 11) is 0. The molecule has 1 aromatic heterocycles. The second-order valence-electron chi connectivity index (χ2n) is 5.43. The van der Waals surface area contributed by atoms with Crippen LogP contribution in [-0.4, -0.2) is 16.8 Å². The Morgan fingerprint density at radius 3 is 2.78 bits per heavy atom. The fraction of sp³-hybridized carbons (Fsp3) is 0.235. The van der Waals surface area contributed by atoms with E-state index in [4.69, 9.17) is 5.26 Å². The number of rotatable bonds is 4. The van der Waals surface area contributed by atoms with Crippen LogP contribution in [0.3, 0.4) is 0 Å². The van der Waals surface area contributed by atoms with Crippen LogP contribution in [0.5, 0.6) is 0 Å². The van der Waals surface area contributed by atoms with E-state index < -0.39 is 24.2 Å². The number of aromatic nitrogens is 1. The van der Waals surface area contributed by atoms with Crippen molar-refractivity contribution in [3.05, 3.63) is 48.2 Å². The molecule has 0 unspecified atom stereocenters. The van der Waals surface area contributed by atoms with Gasteiger partial charge in [0.05, 0.1) is 18.2 Å². The van der Waals surface area contributed by atoms with Gasteiger partial charge in [0.2, 0.25) is 5.91 Å². The van der Waals surface area contributed by atoms with Crippen molar-refractivity contribution in [3.63, 3.8) is 0 Å². The second kappa shape index (κ2) is 5.76. The number of benzene rings is 1. The van der Waals surface area contributed by atoms with E-state index >= 15 is 0 Å². The minimum atomic E-state index is -2.89. The monoisotopic (exact) mass is 313 g/mol. The van der Waals surface area contributed by atoms with Gasteiger partial charge in [0.15, 0.2) is 0 Å². The van der Waals surface area contributed by atoms with Crippen LogP contribution in [0.4, 0.5) is 14.5 Å². The van der Waals surface area contributed by atoms with Crippen molar-refractivity contribution in [2.45, 2.75) is 18.8 Å². The number of hydrogen-bond donors (Lipinski definition) is 1. The summed E-state index contributed by atoms with van der Waals surface area (Å²) in [6.45, 7) is 0. The summed E-state index contributed by atoms with van der Waals surface area (Å²) in [6.07, 6.45) is 1.42. The smallest absolute Gasteiger partial charge is 0.260 e. The molecule has 2 aromatic rings. The molecule has 0 bridgehead atoms. The molecule has 1 aliphatic carbocycles. The molecule has 3 rings (SSSR count). The predicted molar refractivity (Wildman–Crippen MR) is 80.7 cm³/mol. The first-order valence-electron chi connectivity index (χ1n) is 7.11. The van der Waals surface area contributed by atoms with Gasteiger partial charge >= 0.3 is 0 Å². The lowest BCUT2D eigenvalue weighted by molar-refractivity contribution is -0.119. The first-order chi connectivity index (χ1) is 11.0. The summed E-state index contributed by atoms with van der Waals surface area (Å²) in [4.78, 5) is 16.0. The maximum Gasteiger partial charge on any atom is 0.260 e. The molecule has 0 radical (unpaired) electrons. The van der Waals surface area contributed by atoms with Crippen molar-refractivity contribution in [1.82, 2.24) is 4.98 Å². The molecule has 0 spiro atoms. The summed E-state index contributed by atoms with van der Waals surface area (Å²) >= 11 is 0. The number of halogens is 2. The van der Waals surface area contributed by atoms with Crippen LogP contribution in [0, 0.1) is 17.2 Å². The molecule has 1 amide bonds. The van der Waals surface area contributed by atoms with Crippen molar-refractivity contribution in [1.29, 1.82) is 5.26 Å². The van der Waals surface area contributed by atoms with Crippen LogP contribution in [0.25, 0.3) is 11.3 Å². The molecular weight excluding hydrogens is 300 g/mol. The van der Waals surface area contributed by atoms with Gasteiger partial charge in [-0.2, -0.15) is 5.26 Å². The minimum Gasteiger partial charge on any atom is -0.326 e. The van der Waals surface area contributed by atoms with Crippen LogP contribution in [0.2, 0.25) is 0 Å². The Hall–Kier alpha value is -2.81. The fourth-order valence-corrected chi connectivity index (χ4v) is 2.38. The van der Waals surface area contributed by atoms with Gasteiger partial charge in [-0.05, 0) is 29.8 Å². The first-order valence-corrected chi connectivity index (χ1v) is 7.11. The van der Waals surface area contributed by atoms with Gasteiger partial charge in [-0.3, -0.25) is 9.78 Å². The number of amides is 1. The van der Waals surface area contributed by atoms with E-state index in [0.29, 0.717) is 16.9 Å². The van der Waals surface area contributed by atoms with Crippen molar-refractivity contribution < 1.29 is 13.6 Å². The normalized spacial score (nSPS) is 18.0. The average Bonchev–Trinajstić information content (AvgIpc) is 3.19. The Kier molecular flexibility index (Phi) is 3.78. The van der Waals surface area contributed by atoms with E-state index in [1.807, 2.05) is 6.07 Å². The number of pyridine rings is 1. The molecule has 1 aliphatic rings. The topological polar surface area (TPSA) is 65.8 Å². The molecule has 6 heteroatoms. The van der Waals surface area contributed by atoms with Gasteiger partial charge in [-0.15, -0.1) is 0 Å². The minimum absolute atomic E-state index is 0.195. The van der Waals surface area contributed by atoms with Gasteiger partial charge in [0.25, 0.3) is 5.92 Å². The molecule has 4 nitrogen and oxygen atoms in total. The molecular formula is C17H13F2N3O. The van der Waals surface area contributed by atoms with Crippen LogP contribution in [-0.2, 0) is 11.2 Å². The lowest BCUT2D eigenvalue weighted by Crippen LogP contribution is -2.17. The Bertz CT molecular complexity index is 784. The molecule has 1 heterocycles. The standard InChI is InChI=1S/C17H13F2N3O/c18-17(19)10-14(17)16(23)22-12-5-4-11(6-7-20)13(9-12)15-3-1-2-8-21-15/h1-5,8-9,14H,6,10H2,(H,22,23)/t14-/m1/s1. The van der Waals surface area contributed by atoms with E-state index in [2.05, 4.69) is 16.4 Å². The molecule has 116 valence electrons. The highest BCUT2D eigenvalue weighted by Gasteiger charge is 2.61. The molecule has 1 atom stereocenters. The zero-order valence-corrected chi connectivity index (χ0v) is 12.1. The van der Waals surface area contributed by atoms with Gasteiger partial charge in [-0.25, -0.2) is 8.78 Å². The number of nitriles is 1. The number of nitrogens with one attached hydrogen (secondary N) is 1. The third-order valence-corrected chi connectivity index (χ3v) is 3.73. The van der Waals surface area contributed by atoms with Crippen molar-refractivity contribution in [2.75, 3.05) is 5.32 Å². The highest BCUT2D eigenvalue weighted by Crippen LogP contribution is 2.49. The third kappa shape index (κ3) is 3.19. The summed E-state index contributed by atoms with van der Waals surface area (Å²) in [6, 6.07) is 12.4. The van der Waals surface area contributed by atoms with Crippen LogP contribution < -0.4 is 5.32 Å². The summed E-state index contributed by atoms with van der Waals surface area (Å²) in [5.41, 5.74) is 2.54. The highest BCUT2D eigenvalue weighted by atomic mass is 19.3. The Labute approximate surface area is 131 Å². The predicted octanol–water partition coefficient (Wildman–Crippen LogP) is 3.41. The maximum atomic E-state index is 13.0. The van der Waals surface area contributed by atoms with Crippen LogP contribution in [0.1, 0.15) is 12.0 Å². The summed E-state index contributed by atoms with van der Waals surface area (Å²) in [5.74, 6) is -4.83. The van der Waals surface area contributed by atoms with E-state index in [1.165, 1.54) is 0 Å². The molecule has 1 fully saturated rings. The zero-order chi connectivity index (χ0) is 16.4. The van der Waals surface area contributed by atoms with Gasteiger partial charge < -0.3 is 5.32 Å². The van der Waals surface area contributed by atoms with E-state index in [1.54, 1.807) is 36.5 Å². The molecule has 0 aliphatic heterocycles. The quantitative estimate of drug-likeness (QED) is 0.940. The average molecular weight is 313 g/mol. The second-order valence-corrected chi connectivity index (χ2v) is 5.43. The molecule has 0 saturated heterocycles. The van der Waals surface area contributed by atoms with Crippen molar-refractivity contribution in [2.24, 2.45) is 5.92 Å². The Morgan fingerprint density at radius 1 is 1.39 bits per heavy atom. The molecule has 1 N–H and O–H groups in total. The number of carbonyl (C=O) groups is 1. The number of alkyl halides is 2. The van der Waals surface area contributed by atoms with E-state index in [9.17, 15) is 13.6 Å². The van der Waals surface area contributed by atoms with Crippen LogP contribution >= 0.6 is 0 Å². The zero-order valence-electron chi connectivity index (χ0n) is 12.1. The van der Waals surface area contributed by atoms with Crippen molar-refractivity contribution in [3.8, 4) is 17.3 Å². The number of hydrogen-bond acceptors (Lipinski definition) is 3. The molecule has 1 saturated carbocycles. The third-order valence-electron chi connectivity index (χ3n) is 3.73. The number of carbonyl (C=O) groups excluding carboxylic acids is 1. The maximum absolute atomic E-state index is 13.0. The van der Waals surface area contributed by atoms with Gasteiger partial charge in [0, 0.05) is 23.9 Å². The number of nitrogens with zero attached hydrogens (tertiary/aromatic N) is 2. The van der Waals surface area contributed by atoms with E-state index in [-0.39, 0.29) is 6.42 Å². The first kappa shape index (κ1) is 15.1. The van der Waals surface area contributed by atoms with E-state index in [0.717, 1.165) is 5.56 Å². The van der Waals surface area contributed by atoms with Crippen molar-refractivity contribution >= 4 is 11.6 Å². The molecule has 23 heavy (non-hydrogen) atoms. The Balaban J connectivity index is 1.89. The largest absolute Gasteiger partial charge is 0.326 e. The van der Waals surface area contributed by atoms with Gasteiger partial charge in [-0.1, -0.05) is 12.1 Å². The molecule has 1 aromatic carbocycles. The SMILES string of the molecule is N#CCc1ccc(NC(=O)[C@H]2CC2(F)F)cc1-c1ccccn1. The number of anilines is 1.